The standard InChI is InChI=1S/C16H20N6O/c23-15(8-11-6-12-3-4-13(7-11)20-12)21-14-2-1-5-18-16(14)22-10-17-9-19-22/h1-2,5,9-13,20H,3-4,6-8H2,(H,21,23). The number of anilines is 1. The Hall–Kier alpha value is -2.28. The van der Waals surface area contributed by atoms with Gasteiger partial charge in [-0.05, 0) is 43.7 Å². The number of nitrogens with zero attached hydrogens (tertiary/aromatic N) is 4. The lowest BCUT2D eigenvalue weighted by atomic mass is 9.89. The van der Waals surface area contributed by atoms with Crippen LogP contribution in [0.1, 0.15) is 32.1 Å². The second-order valence-corrected chi connectivity index (χ2v) is 6.44. The first kappa shape index (κ1) is 14.3. The summed E-state index contributed by atoms with van der Waals surface area (Å²) in [4.78, 5) is 20.7. The van der Waals surface area contributed by atoms with Crippen molar-refractivity contribution < 1.29 is 4.79 Å². The average molecular weight is 312 g/mol. The summed E-state index contributed by atoms with van der Waals surface area (Å²) in [6.45, 7) is 0. The van der Waals surface area contributed by atoms with Gasteiger partial charge in [0.2, 0.25) is 5.91 Å². The second-order valence-electron chi connectivity index (χ2n) is 6.44. The minimum Gasteiger partial charge on any atom is -0.323 e. The molecule has 0 aromatic carbocycles. The Bertz CT molecular complexity index is 674. The number of carbonyl (C=O) groups excluding carboxylic acids is 1. The molecule has 2 aliphatic heterocycles. The summed E-state index contributed by atoms with van der Waals surface area (Å²) in [6, 6.07) is 4.86. The Morgan fingerprint density at radius 2 is 2.17 bits per heavy atom. The van der Waals surface area contributed by atoms with Gasteiger partial charge in [-0.15, -0.1) is 0 Å². The van der Waals surface area contributed by atoms with E-state index in [2.05, 4.69) is 25.7 Å². The van der Waals surface area contributed by atoms with Gasteiger partial charge in [-0.1, -0.05) is 0 Å². The number of fused-ring (bicyclic) bond motifs is 2. The molecule has 2 bridgehead atoms. The smallest absolute Gasteiger partial charge is 0.224 e. The van der Waals surface area contributed by atoms with Crippen molar-refractivity contribution in [3.05, 3.63) is 31.0 Å². The molecule has 7 nitrogen and oxygen atoms in total. The second kappa shape index (κ2) is 6.08. The summed E-state index contributed by atoms with van der Waals surface area (Å²) in [7, 11) is 0. The Labute approximate surface area is 134 Å². The van der Waals surface area contributed by atoms with Crippen LogP contribution in [0.15, 0.2) is 31.0 Å². The maximum absolute atomic E-state index is 12.4. The number of hydrogen-bond acceptors (Lipinski definition) is 5. The Balaban J connectivity index is 1.43. The number of nitrogens with one attached hydrogen (secondary N) is 2. The van der Waals surface area contributed by atoms with Crippen LogP contribution in [0, 0.1) is 5.92 Å². The minimum absolute atomic E-state index is 0.0469. The van der Waals surface area contributed by atoms with Crippen molar-refractivity contribution in [3.8, 4) is 5.82 Å². The van der Waals surface area contributed by atoms with Crippen LogP contribution in [-0.2, 0) is 4.79 Å². The maximum Gasteiger partial charge on any atom is 0.224 e. The molecule has 2 aromatic rings. The van der Waals surface area contributed by atoms with Gasteiger partial charge >= 0.3 is 0 Å². The third kappa shape index (κ3) is 3.10. The lowest BCUT2D eigenvalue weighted by Crippen LogP contribution is -2.39. The summed E-state index contributed by atoms with van der Waals surface area (Å²) >= 11 is 0. The number of amides is 1. The molecular weight excluding hydrogens is 292 g/mol. The zero-order valence-electron chi connectivity index (χ0n) is 12.9. The number of piperidine rings is 1. The van der Waals surface area contributed by atoms with E-state index in [1.165, 1.54) is 19.2 Å². The van der Waals surface area contributed by atoms with Gasteiger partial charge in [-0.3, -0.25) is 4.79 Å². The van der Waals surface area contributed by atoms with Gasteiger partial charge < -0.3 is 10.6 Å². The fourth-order valence-electron chi connectivity index (χ4n) is 3.80. The molecule has 0 saturated carbocycles. The zero-order valence-corrected chi connectivity index (χ0v) is 12.9. The van der Waals surface area contributed by atoms with E-state index >= 15 is 0 Å². The first-order valence-corrected chi connectivity index (χ1v) is 8.14. The predicted octanol–water partition coefficient (Wildman–Crippen LogP) is 1.52. The minimum atomic E-state index is 0.0469. The van der Waals surface area contributed by atoms with Crippen molar-refractivity contribution in [2.75, 3.05) is 5.32 Å². The largest absolute Gasteiger partial charge is 0.323 e. The highest BCUT2D eigenvalue weighted by molar-refractivity contribution is 5.92. The van der Waals surface area contributed by atoms with Crippen LogP contribution in [0.25, 0.3) is 5.82 Å². The molecule has 2 unspecified atom stereocenters. The summed E-state index contributed by atoms with van der Waals surface area (Å²) < 4.78 is 1.56. The molecule has 4 heterocycles. The monoisotopic (exact) mass is 312 g/mol. The van der Waals surface area contributed by atoms with Crippen molar-refractivity contribution in [1.29, 1.82) is 0 Å². The van der Waals surface area contributed by atoms with Crippen LogP contribution < -0.4 is 10.6 Å². The maximum atomic E-state index is 12.4. The van der Waals surface area contributed by atoms with Crippen LogP contribution in [0.5, 0.6) is 0 Å². The molecular formula is C16H20N6O. The highest BCUT2D eigenvalue weighted by Crippen LogP contribution is 2.32. The van der Waals surface area contributed by atoms with Gasteiger partial charge in [0.25, 0.3) is 0 Å². The zero-order chi connectivity index (χ0) is 15.6. The Morgan fingerprint density at radius 3 is 2.91 bits per heavy atom. The molecule has 7 heteroatoms. The van der Waals surface area contributed by atoms with Gasteiger partial charge in [-0.2, -0.15) is 5.10 Å². The molecule has 1 amide bonds. The van der Waals surface area contributed by atoms with Gasteiger partial charge in [0.1, 0.15) is 12.7 Å². The van der Waals surface area contributed by atoms with Gasteiger partial charge in [0, 0.05) is 24.7 Å². The number of aromatic nitrogens is 4. The molecule has 2 N–H and O–H groups in total. The van der Waals surface area contributed by atoms with Crippen molar-refractivity contribution in [3.63, 3.8) is 0 Å². The fraction of sp³-hybridized carbons (Fsp3) is 0.500. The third-order valence-corrected chi connectivity index (χ3v) is 4.74. The summed E-state index contributed by atoms with van der Waals surface area (Å²) in [5.41, 5.74) is 0.667. The topological polar surface area (TPSA) is 84.7 Å². The highest BCUT2D eigenvalue weighted by Gasteiger charge is 2.34. The van der Waals surface area contributed by atoms with E-state index < -0.39 is 0 Å². The van der Waals surface area contributed by atoms with Crippen molar-refractivity contribution in [1.82, 2.24) is 25.1 Å². The number of rotatable bonds is 4. The van der Waals surface area contributed by atoms with Gasteiger partial charge in [0.05, 0.1) is 5.69 Å². The number of pyridine rings is 1. The van der Waals surface area contributed by atoms with E-state index in [1.54, 1.807) is 23.3 Å². The Kier molecular flexibility index (Phi) is 3.78. The molecule has 0 aliphatic carbocycles. The summed E-state index contributed by atoms with van der Waals surface area (Å²) in [5.74, 6) is 1.11. The van der Waals surface area contributed by atoms with E-state index in [1.807, 2.05) is 6.07 Å². The average Bonchev–Trinajstić information content (AvgIpc) is 3.18. The molecule has 0 radical (unpaired) electrons. The first-order chi connectivity index (χ1) is 11.3. The van der Waals surface area contributed by atoms with E-state index in [-0.39, 0.29) is 5.91 Å². The van der Waals surface area contributed by atoms with Crippen LogP contribution in [0.4, 0.5) is 5.69 Å². The SMILES string of the molecule is O=C(CC1CC2CCC(C1)N2)Nc1cccnc1-n1cncn1. The normalized spacial score (nSPS) is 26.2. The number of carbonyl (C=O) groups is 1. The van der Waals surface area contributed by atoms with Crippen LogP contribution >= 0.6 is 0 Å². The van der Waals surface area contributed by atoms with Crippen molar-refractivity contribution >= 4 is 11.6 Å². The molecule has 2 aromatic heterocycles. The van der Waals surface area contributed by atoms with Crippen LogP contribution in [0.3, 0.4) is 0 Å². The predicted molar refractivity (Wildman–Crippen MR) is 85.1 cm³/mol. The fourth-order valence-corrected chi connectivity index (χ4v) is 3.80. The van der Waals surface area contributed by atoms with E-state index in [0.29, 0.717) is 35.9 Å². The quantitative estimate of drug-likeness (QED) is 0.894. The van der Waals surface area contributed by atoms with Crippen LogP contribution in [0.2, 0.25) is 0 Å². The molecule has 23 heavy (non-hydrogen) atoms. The lowest BCUT2D eigenvalue weighted by Gasteiger charge is -2.28. The molecule has 120 valence electrons. The van der Waals surface area contributed by atoms with Gasteiger partial charge in [0.15, 0.2) is 5.82 Å². The first-order valence-electron chi connectivity index (χ1n) is 8.14. The van der Waals surface area contributed by atoms with Crippen molar-refractivity contribution in [2.45, 2.75) is 44.2 Å². The van der Waals surface area contributed by atoms with Crippen molar-refractivity contribution in [2.24, 2.45) is 5.92 Å². The molecule has 0 spiro atoms. The van der Waals surface area contributed by atoms with E-state index in [0.717, 1.165) is 12.8 Å². The molecule has 2 aliphatic rings. The van der Waals surface area contributed by atoms with Crippen LogP contribution in [-0.4, -0.2) is 37.7 Å². The summed E-state index contributed by atoms with van der Waals surface area (Å²) in [5, 5.41) is 10.7. The third-order valence-electron chi connectivity index (χ3n) is 4.74. The molecule has 2 saturated heterocycles. The summed E-state index contributed by atoms with van der Waals surface area (Å²) in [6.07, 6.45) is 9.98. The van der Waals surface area contributed by atoms with Gasteiger partial charge in [-0.25, -0.2) is 14.6 Å². The van der Waals surface area contributed by atoms with E-state index in [4.69, 9.17) is 0 Å². The Morgan fingerprint density at radius 1 is 1.35 bits per heavy atom. The molecule has 2 fully saturated rings. The highest BCUT2D eigenvalue weighted by atomic mass is 16.1. The number of hydrogen-bond donors (Lipinski definition) is 2. The molecule has 4 rings (SSSR count). The lowest BCUT2D eigenvalue weighted by molar-refractivity contribution is -0.117. The van der Waals surface area contributed by atoms with E-state index in [9.17, 15) is 4.79 Å². The molecule has 2 atom stereocenters.